The van der Waals surface area contributed by atoms with Gasteiger partial charge in [-0.15, -0.1) is 0 Å². The number of hydrogen-bond acceptors (Lipinski definition) is 4. The van der Waals surface area contributed by atoms with Crippen LogP contribution in [-0.4, -0.2) is 23.3 Å². The molecule has 0 amide bonds. The second-order valence-electron chi connectivity index (χ2n) is 5.50. The van der Waals surface area contributed by atoms with Crippen molar-refractivity contribution in [2.24, 2.45) is 0 Å². The molecule has 124 valence electrons. The lowest BCUT2D eigenvalue weighted by molar-refractivity contribution is 0.282. The molecule has 1 heterocycles. The third-order valence-electron chi connectivity index (χ3n) is 3.87. The summed E-state index contributed by atoms with van der Waals surface area (Å²) in [5, 5.41) is 0. The molecule has 0 saturated carbocycles. The summed E-state index contributed by atoms with van der Waals surface area (Å²) in [6.07, 6.45) is 0.714. The highest BCUT2D eigenvalue weighted by molar-refractivity contribution is 5.74. The van der Waals surface area contributed by atoms with E-state index in [4.69, 9.17) is 9.47 Å². The third kappa shape index (κ3) is 3.25. The van der Waals surface area contributed by atoms with Gasteiger partial charge in [-0.05, 0) is 37.6 Å². The molecule has 0 unspecified atom stereocenters. The smallest absolute Gasteiger partial charge is 0.272 e. The number of aryl methyl sites for hydroxylation is 2. The van der Waals surface area contributed by atoms with E-state index in [0.29, 0.717) is 36.8 Å². The number of rotatable bonds is 6. The van der Waals surface area contributed by atoms with Crippen molar-refractivity contribution < 1.29 is 9.47 Å². The first-order valence-electron chi connectivity index (χ1n) is 7.92. The van der Waals surface area contributed by atoms with Gasteiger partial charge in [-0.3, -0.25) is 4.79 Å². The molecule has 24 heavy (non-hydrogen) atoms. The van der Waals surface area contributed by atoms with E-state index in [0.717, 1.165) is 11.0 Å². The quantitative estimate of drug-likeness (QED) is 0.654. The fourth-order valence-electron chi connectivity index (χ4n) is 2.68. The molecule has 3 aromatic rings. The number of hydrogen-bond donors (Lipinski definition) is 0. The summed E-state index contributed by atoms with van der Waals surface area (Å²) < 4.78 is 12.8. The van der Waals surface area contributed by atoms with Gasteiger partial charge in [-0.1, -0.05) is 24.3 Å². The van der Waals surface area contributed by atoms with Gasteiger partial charge in [-0.25, -0.2) is 4.98 Å². The maximum Gasteiger partial charge on any atom is 0.272 e. The van der Waals surface area contributed by atoms with Gasteiger partial charge >= 0.3 is 0 Å². The van der Waals surface area contributed by atoms with Crippen molar-refractivity contribution in [3.05, 3.63) is 64.6 Å². The standard InChI is InChI=1S/C19H20N2O3/c1-14-19(22)21(16-9-4-3-8-15(16)20-14)12-7-13-24-18-11-6-5-10-17(18)23-2/h3-6,8-11H,7,12-13H2,1-2H3. The molecule has 1 aromatic heterocycles. The van der Waals surface area contributed by atoms with Gasteiger partial charge in [0.2, 0.25) is 0 Å². The Hall–Kier alpha value is -2.82. The van der Waals surface area contributed by atoms with Crippen molar-refractivity contribution in [1.29, 1.82) is 0 Å². The first-order valence-corrected chi connectivity index (χ1v) is 7.92. The van der Waals surface area contributed by atoms with Gasteiger partial charge in [0.05, 0.1) is 24.8 Å². The molecule has 0 saturated heterocycles. The van der Waals surface area contributed by atoms with Crippen LogP contribution < -0.4 is 15.0 Å². The molecular formula is C19H20N2O3. The van der Waals surface area contributed by atoms with Crippen molar-refractivity contribution in [3.8, 4) is 11.5 Å². The zero-order chi connectivity index (χ0) is 16.9. The van der Waals surface area contributed by atoms with Crippen molar-refractivity contribution in [3.63, 3.8) is 0 Å². The molecule has 0 radical (unpaired) electrons. The van der Waals surface area contributed by atoms with E-state index in [1.807, 2.05) is 48.5 Å². The van der Waals surface area contributed by atoms with Gasteiger partial charge in [0.1, 0.15) is 5.69 Å². The van der Waals surface area contributed by atoms with Crippen LogP contribution >= 0.6 is 0 Å². The number of aromatic nitrogens is 2. The summed E-state index contributed by atoms with van der Waals surface area (Å²) in [4.78, 5) is 16.7. The molecule has 5 heteroatoms. The van der Waals surface area contributed by atoms with Crippen molar-refractivity contribution in [2.75, 3.05) is 13.7 Å². The Morgan fingerprint density at radius 1 is 1.04 bits per heavy atom. The number of nitrogens with zero attached hydrogens (tertiary/aromatic N) is 2. The monoisotopic (exact) mass is 324 g/mol. The average molecular weight is 324 g/mol. The van der Waals surface area contributed by atoms with Crippen LogP contribution in [0.5, 0.6) is 11.5 Å². The van der Waals surface area contributed by atoms with Gasteiger partial charge in [0, 0.05) is 6.54 Å². The van der Waals surface area contributed by atoms with Crippen molar-refractivity contribution in [1.82, 2.24) is 9.55 Å². The number of methoxy groups -OCH3 is 1. The predicted molar refractivity (Wildman–Crippen MR) is 93.8 cm³/mol. The fraction of sp³-hybridized carbons (Fsp3) is 0.263. The first kappa shape index (κ1) is 16.1. The molecule has 5 nitrogen and oxygen atoms in total. The van der Waals surface area contributed by atoms with Crippen LogP contribution in [0.25, 0.3) is 11.0 Å². The average Bonchev–Trinajstić information content (AvgIpc) is 2.61. The highest BCUT2D eigenvalue weighted by Gasteiger charge is 2.08. The largest absolute Gasteiger partial charge is 0.493 e. The minimum atomic E-state index is -0.0500. The van der Waals surface area contributed by atoms with Crippen LogP contribution in [0.4, 0.5) is 0 Å². The molecule has 0 aliphatic rings. The Kier molecular flexibility index (Phi) is 4.79. The summed E-state index contributed by atoms with van der Waals surface area (Å²) in [6, 6.07) is 15.2. The van der Waals surface area contributed by atoms with Crippen molar-refractivity contribution >= 4 is 11.0 Å². The fourth-order valence-corrected chi connectivity index (χ4v) is 2.68. The van der Waals surface area contributed by atoms with Gasteiger partial charge in [-0.2, -0.15) is 0 Å². The summed E-state index contributed by atoms with van der Waals surface area (Å²) in [5.74, 6) is 1.42. The van der Waals surface area contributed by atoms with Crippen LogP contribution in [0.1, 0.15) is 12.1 Å². The van der Waals surface area contributed by atoms with E-state index >= 15 is 0 Å². The second-order valence-corrected chi connectivity index (χ2v) is 5.50. The number of benzene rings is 2. The van der Waals surface area contributed by atoms with E-state index in [2.05, 4.69) is 4.98 Å². The van der Waals surface area contributed by atoms with Crippen molar-refractivity contribution in [2.45, 2.75) is 19.9 Å². The summed E-state index contributed by atoms with van der Waals surface area (Å²) >= 11 is 0. The number of ether oxygens (including phenoxy) is 2. The molecule has 0 fully saturated rings. The Labute approximate surface area is 140 Å². The number of fused-ring (bicyclic) bond motifs is 1. The minimum absolute atomic E-state index is 0.0500. The summed E-state index contributed by atoms with van der Waals surface area (Å²) in [6.45, 7) is 2.83. The van der Waals surface area contributed by atoms with Gasteiger partial charge < -0.3 is 14.0 Å². The van der Waals surface area contributed by atoms with Crippen LogP contribution in [0, 0.1) is 6.92 Å². The molecule has 3 rings (SSSR count). The Morgan fingerprint density at radius 3 is 2.54 bits per heavy atom. The van der Waals surface area contributed by atoms with E-state index in [-0.39, 0.29) is 5.56 Å². The normalized spacial score (nSPS) is 10.8. The topological polar surface area (TPSA) is 53.4 Å². The molecule has 0 N–H and O–H groups in total. The zero-order valence-electron chi connectivity index (χ0n) is 13.9. The molecule has 0 aliphatic carbocycles. The highest BCUT2D eigenvalue weighted by Crippen LogP contribution is 2.25. The lowest BCUT2D eigenvalue weighted by Crippen LogP contribution is -2.24. The predicted octanol–water partition coefficient (Wildman–Crippen LogP) is 3.18. The molecule has 0 atom stereocenters. The molecular weight excluding hydrogens is 304 g/mol. The summed E-state index contributed by atoms with van der Waals surface area (Å²) in [7, 11) is 1.62. The highest BCUT2D eigenvalue weighted by atomic mass is 16.5. The molecule has 0 spiro atoms. The maximum absolute atomic E-state index is 12.4. The van der Waals surface area contributed by atoms with E-state index in [1.54, 1.807) is 18.6 Å². The Balaban J connectivity index is 1.72. The Bertz CT molecular complexity index is 902. The van der Waals surface area contributed by atoms with Gasteiger partial charge in [0.25, 0.3) is 5.56 Å². The van der Waals surface area contributed by atoms with Gasteiger partial charge in [0.15, 0.2) is 11.5 Å². The molecule has 0 aliphatic heterocycles. The molecule has 2 aromatic carbocycles. The zero-order valence-corrected chi connectivity index (χ0v) is 13.9. The van der Waals surface area contributed by atoms with Crippen LogP contribution in [0.2, 0.25) is 0 Å². The third-order valence-corrected chi connectivity index (χ3v) is 3.87. The van der Waals surface area contributed by atoms with Crippen LogP contribution in [-0.2, 0) is 6.54 Å². The minimum Gasteiger partial charge on any atom is -0.493 e. The molecule has 0 bridgehead atoms. The lowest BCUT2D eigenvalue weighted by Gasteiger charge is -2.13. The second kappa shape index (κ2) is 7.17. The SMILES string of the molecule is COc1ccccc1OCCCn1c(=O)c(C)nc2ccccc21. The summed E-state index contributed by atoms with van der Waals surface area (Å²) in [5.41, 5.74) is 2.15. The number of para-hydroxylation sites is 4. The van der Waals surface area contributed by atoms with Crippen LogP contribution in [0.3, 0.4) is 0 Å². The maximum atomic E-state index is 12.4. The first-order chi connectivity index (χ1) is 11.7. The lowest BCUT2D eigenvalue weighted by atomic mass is 10.2. The van der Waals surface area contributed by atoms with Crippen LogP contribution in [0.15, 0.2) is 53.3 Å². The van der Waals surface area contributed by atoms with E-state index < -0.39 is 0 Å². The van der Waals surface area contributed by atoms with E-state index in [1.165, 1.54) is 0 Å². The Morgan fingerprint density at radius 2 is 1.75 bits per heavy atom. The van der Waals surface area contributed by atoms with E-state index in [9.17, 15) is 4.79 Å².